The molecule has 0 fully saturated rings. The van der Waals surface area contributed by atoms with E-state index in [1.807, 2.05) is 6.92 Å². The van der Waals surface area contributed by atoms with Crippen molar-refractivity contribution in [1.82, 2.24) is 10.2 Å². The minimum atomic E-state index is -0.228. The standard InChI is InChI=1S/C13H28N2O3/c1-6-15(11(3)10-17-5)9-8-12(14-4)13(16)18-7-2/h11-12,14H,6-10H2,1-5H3. The Kier molecular flexibility index (Phi) is 9.92. The molecule has 0 aromatic carbocycles. The number of rotatable bonds is 10. The Hall–Kier alpha value is -0.650. The zero-order valence-corrected chi connectivity index (χ0v) is 12.4. The smallest absolute Gasteiger partial charge is 0.323 e. The Morgan fingerprint density at radius 3 is 2.50 bits per heavy atom. The molecule has 108 valence electrons. The van der Waals surface area contributed by atoms with Crippen LogP contribution < -0.4 is 5.32 Å². The second kappa shape index (κ2) is 10.3. The van der Waals surface area contributed by atoms with E-state index >= 15 is 0 Å². The molecule has 1 N–H and O–H groups in total. The molecule has 0 heterocycles. The third-order valence-electron chi connectivity index (χ3n) is 3.06. The molecule has 0 saturated heterocycles. The monoisotopic (exact) mass is 260 g/mol. The lowest BCUT2D eigenvalue weighted by Gasteiger charge is -2.28. The van der Waals surface area contributed by atoms with Gasteiger partial charge in [0.1, 0.15) is 6.04 Å². The summed E-state index contributed by atoms with van der Waals surface area (Å²) in [6.45, 7) is 9.00. The number of nitrogens with one attached hydrogen (secondary N) is 1. The highest BCUT2D eigenvalue weighted by molar-refractivity contribution is 5.75. The van der Waals surface area contributed by atoms with Gasteiger partial charge in [-0.2, -0.15) is 0 Å². The number of hydrogen-bond acceptors (Lipinski definition) is 5. The van der Waals surface area contributed by atoms with Gasteiger partial charge in [-0.15, -0.1) is 0 Å². The molecule has 0 rings (SSSR count). The van der Waals surface area contributed by atoms with Crippen LogP contribution in [0.4, 0.5) is 0 Å². The number of ether oxygens (including phenoxy) is 2. The van der Waals surface area contributed by atoms with E-state index in [2.05, 4.69) is 24.1 Å². The maximum atomic E-state index is 11.6. The molecular formula is C13H28N2O3. The number of carbonyl (C=O) groups is 1. The van der Waals surface area contributed by atoms with E-state index in [0.29, 0.717) is 19.3 Å². The summed E-state index contributed by atoms with van der Waals surface area (Å²) in [6.07, 6.45) is 0.747. The highest BCUT2D eigenvalue weighted by atomic mass is 16.5. The fourth-order valence-electron chi connectivity index (χ4n) is 1.95. The Labute approximate surface area is 111 Å². The fraction of sp³-hybridized carbons (Fsp3) is 0.923. The van der Waals surface area contributed by atoms with Crippen LogP contribution in [0.2, 0.25) is 0 Å². The predicted molar refractivity (Wildman–Crippen MR) is 72.7 cm³/mol. The van der Waals surface area contributed by atoms with Crippen molar-refractivity contribution < 1.29 is 14.3 Å². The van der Waals surface area contributed by atoms with Gasteiger partial charge in [-0.05, 0) is 33.9 Å². The van der Waals surface area contributed by atoms with Gasteiger partial charge in [-0.1, -0.05) is 6.92 Å². The van der Waals surface area contributed by atoms with Crippen LogP contribution in [0.15, 0.2) is 0 Å². The van der Waals surface area contributed by atoms with E-state index < -0.39 is 0 Å². The first-order valence-electron chi connectivity index (χ1n) is 6.67. The molecule has 0 aliphatic rings. The van der Waals surface area contributed by atoms with Crippen LogP contribution in [-0.4, -0.2) is 63.4 Å². The third-order valence-corrected chi connectivity index (χ3v) is 3.06. The number of methoxy groups -OCH3 is 1. The van der Waals surface area contributed by atoms with Crippen LogP contribution in [0, 0.1) is 0 Å². The van der Waals surface area contributed by atoms with Crippen LogP contribution in [0.25, 0.3) is 0 Å². The minimum absolute atomic E-state index is 0.171. The molecule has 0 aromatic rings. The highest BCUT2D eigenvalue weighted by Crippen LogP contribution is 2.04. The summed E-state index contributed by atoms with van der Waals surface area (Å²) in [5.74, 6) is -0.171. The fourth-order valence-corrected chi connectivity index (χ4v) is 1.95. The number of likely N-dealkylation sites (N-methyl/N-ethyl adjacent to an activating group) is 2. The molecule has 2 unspecified atom stereocenters. The zero-order chi connectivity index (χ0) is 14.0. The Morgan fingerprint density at radius 2 is 2.06 bits per heavy atom. The lowest BCUT2D eigenvalue weighted by molar-refractivity contribution is -0.145. The predicted octanol–water partition coefficient (Wildman–Crippen LogP) is 0.884. The molecule has 0 aromatic heterocycles. The Bertz CT molecular complexity index is 224. The number of hydrogen-bond donors (Lipinski definition) is 1. The first-order chi connectivity index (χ1) is 8.60. The van der Waals surface area contributed by atoms with Crippen LogP contribution >= 0.6 is 0 Å². The van der Waals surface area contributed by atoms with Gasteiger partial charge in [0, 0.05) is 19.7 Å². The van der Waals surface area contributed by atoms with Crippen molar-refractivity contribution in [2.24, 2.45) is 0 Å². The first-order valence-corrected chi connectivity index (χ1v) is 6.67. The Morgan fingerprint density at radius 1 is 1.39 bits per heavy atom. The normalized spacial score (nSPS) is 14.6. The van der Waals surface area contributed by atoms with E-state index in [1.165, 1.54) is 0 Å². The summed E-state index contributed by atoms with van der Waals surface area (Å²) < 4.78 is 10.2. The van der Waals surface area contributed by atoms with Crippen LogP contribution in [0.1, 0.15) is 27.2 Å². The highest BCUT2D eigenvalue weighted by Gasteiger charge is 2.20. The van der Waals surface area contributed by atoms with Crippen molar-refractivity contribution >= 4 is 5.97 Å². The minimum Gasteiger partial charge on any atom is -0.465 e. The summed E-state index contributed by atoms with van der Waals surface area (Å²) in [5, 5.41) is 3.00. The number of nitrogens with zero attached hydrogens (tertiary/aromatic N) is 1. The van der Waals surface area contributed by atoms with Crippen LogP contribution in [0.3, 0.4) is 0 Å². The molecule has 0 radical (unpaired) electrons. The molecular weight excluding hydrogens is 232 g/mol. The maximum Gasteiger partial charge on any atom is 0.323 e. The molecule has 5 nitrogen and oxygen atoms in total. The maximum absolute atomic E-state index is 11.6. The topological polar surface area (TPSA) is 50.8 Å². The molecule has 0 amide bonds. The van der Waals surface area contributed by atoms with E-state index in [-0.39, 0.29) is 12.0 Å². The van der Waals surface area contributed by atoms with Crippen molar-refractivity contribution in [1.29, 1.82) is 0 Å². The average Bonchev–Trinajstić information content (AvgIpc) is 2.35. The van der Waals surface area contributed by atoms with Gasteiger partial charge in [-0.3, -0.25) is 9.69 Å². The third kappa shape index (κ3) is 6.33. The summed E-state index contributed by atoms with van der Waals surface area (Å²) >= 11 is 0. The lowest BCUT2D eigenvalue weighted by Crippen LogP contribution is -2.42. The zero-order valence-electron chi connectivity index (χ0n) is 12.4. The Balaban J connectivity index is 4.19. The van der Waals surface area contributed by atoms with Crippen molar-refractivity contribution in [3.05, 3.63) is 0 Å². The number of esters is 1. The SMILES string of the molecule is CCOC(=O)C(CCN(CC)C(C)COC)NC. The van der Waals surface area contributed by atoms with Crippen molar-refractivity contribution in [2.75, 3.05) is 40.5 Å². The largest absolute Gasteiger partial charge is 0.465 e. The lowest BCUT2D eigenvalue weighted by atomic mass is 10.2. The van der Waals surface area contributed by atoms with E-state index in [1.54, 1.807) is 14.2 Å². The van der Waals surface area contributed by atoms with Crippen molar-refractivity contribution in [2.45, 2.75) is 39.3 Å². The van der Waals surface area contributed by atoms with Crippen molar-refractivity contribution in [3.63, 3.8) is 0 Å². The van der Waals surface area contributed by atoms with Gasteiger partial charge in [0.05, 0.1) is 13.2 Å². The van der Waals surface area contributed by atoms with Crippen LogP contribution in [0.5, 0.6) is 0 Å². The van der Waals surface area contributed by atoms with E-state index in [0.717, 1.165) is 19.5 Å². The molecule has 0 spiro atoms. The van der Waals surface area contributed by atoms with Gasteiger partial charge >= 0.3 is 5.97 Å². The molecule has 18 heavy (non-hydrogen) atoms. The second-order valence-electron chi connectivity index (χ2n) is 4.31. The molecule has 0 aliphatic carbocycles. The van der Waals surface area contributed by atoms with Crippen molar-refractivity contribution in [3.8, 4) is 0 Å². The van der Waals surface area contributed by atoms with E-state index in [4.69, 9.17) is 9.47 Å². The molecule has 5 heteroatoms. The van der Waals surface area contributed by atoms with Gasteiger partial charge in [0.25, 0.3) is 0 Å². The molecule has 0 bridgehead atoms. The summed E-state index contributed by atoms with van der Waals surface area (Å²) in [5.41, 5.74) is 0. The first kappa shape index (κ1) is 17.4. The van der Waals surface area contributed by atoms with Crippen LogP contribution in [-0.2, 0) is 14.3 Å². The van der Waals surface area contributed by atoms with Gasteiger partial charge in [0.15, 0.2) is 0 Å². The molecule has 2 atom stereocenters. The van der Waals surface area contributed by atoms with Gasteiger partial charge in [0.2, 0.25) is 0 Å². The van der Waals surface area contributed by atoms with Gasteiger partial charge in [-0.25, -0.2) is 0 Å². The summed E-state index contributed by atoms with van der Waals surface area (Å²) in [4.78, 5) is 13.9. The quantitative estimate of drug-likeness (QED) is 0.591. The summed E-state index contributed by atoms with van der Waals surface area (Å²) in [6, 6.07) is 0.133. The van der Waals surface area contributed by atoms with Gasteiger partial charge < -0.3 is 14.8 Å². The average molecular weight is 260 g/mol. The van der Waals surface area contributed by atoms with E-state index in [9.17, 15) is 4.79 Å². The molecule has 0 saturated carbocycles. The summed E-state index contributed by atoms with van der Waals surface area (Å²) in [7, 11) is 3.50. The second-order valence-corrected chi connectivity index (χ2v) is 4.31. The molecule has 0 aliphatic heterocycles. The number of carbonyl (C=O) groups excluding carboxylic acids is 1.